The van der Waals surface area contributed by atoms with Crippen LogP contribution in [0.2, 0.25) is 0 Å². The summed E-state index contributed by atoms with van der Waals surface area (Å²) >= 11 is 0. The number of hydrogen-bond donors (Lipinski definition) is 1. The van der Waals surface area contributed by atoms with Gasteiger partial charge in [0.05, 0.1) is 0 Å². The molecule has 0 aliphatic carbocycles. The summed E-state index contributed by atoms with van der Waals surface area (Å²) in [7, 11) is 0. The molecule has 0 atom stereocenters. The van der Waals surface area contributed by atoms with Gasteiger partial charge in [0.25, 0.3) is 6.47 Å². The smallest absolute Gasteiger partial charge is 0.290 e. The zero-order valence-corrected chi connectivity index (χ0v) is 3.40. The molecule has 0 aliphatic rings. The maximum Gasteiger partial charge on any atom is 0.290 e. The molecule has 27 valence electrons. The molecule has 0 unspecified atom stereocenters. The van der Waals surface area contributed by atoms with Gasteiger partial charge in [-0.1, -0.05) is 0 Å². The van der Waals surface area contributed by atoms with E-state index in [4.69, 9.17) is 9.90 Å². The largest absolute Gasteiger partial charge is 0.483 e. The van der Waals surface area contributed by atoms with Crippen LogP contribution in [0.15, 0.2) is 0 Å². The van der Waals surface area contributed by atoms with E-state index in [0.29, 0.717) is 0 Å². The van der Waals surface area contributed by atoms with Crippen LogP contribution in [0.5, 0.6) is 0 Å². The average molecular weight is 149 g/mol. The molecule has 0 aromatic heterocycles. The first-order valence-electron chi connectivity index (χ1n) is 0.494. The van der Waals surface area contributed by atoms with E-state index in [1.807, 2.05) is 0 Å². The first-order valence-corrected chi connectivity index (χ1v) is 0.494. The van der Waals surface area contributed by atoms with Crippen LogP contribution in [-0.2, 0) is 24.3 Å². The van der Waals surface area contributed by atoms with E-state index in [9.17, 15) is 0 Å². The standard InChI is InChI=1S/CH2O2.Rh/c2-1-3;/h1H,(H,2,3);. The summed E-state index contributed by atoms with van der Waals surface area (Å²) in [6.07, 6.45) is 0. The Labute approximate surface area is 36.6 Å². The molecule has 0 aromatic carbocycles. The SMILES string of the molecule is O=CO.[Rh]. The van der Waals surface area contributed by atoms with Crippen LogP contribution in [-0.4, -0.2) is 11.6 Å². The van der Waals surface area contributed by atoms with Crippen molar-refractivity contribution in [2.24, 2.45) is 0 Å². The molecule has 4 heavy (non-hydrogen) atoms. The molecule has 0 rings (SSSR count). The second-order valence-corrected chi connectivity index (χ2v) is 0.105. The predicted octanol–water partition coefficient (Wildman–Crippen LogP) is -0.302. The molecule has 0 amide bonds. The van der Waals surface area contributed by atoms with Gasteiger partial charge in [0, 0.05) is 19.5 Å². The van der Waals surface area contributed by atoms with Gasteiger partial charge >= 0.3 is 0 Å². The van der Waals surface area contributed by atoms with Crippen molar-refractivity contribution in [3.8, 4) is 0 Å². The third-order valence-corrected chi connectivity index (χ3v) is 0. The van der Waals surface area contributed by atoms with Crippen molar-refractivity contribution in [3.05, 3.63) is 0 Å². The van der Waals surface area contributed by atoms with Crippen molar-refractivity contribution in [2.75, 3.05) is 0 Å². The molecule has 0 saturated heterocycles. The summed E-state index contributed by atoms with van der Waals surface area (Å²) in [6.45, 7) is -0.250. The molecule has 0 aliphatic heterocycles. The van der Waals surface area contributed by atoms with Crippen LogP contribution in [0.25, 0.3) is 0 Å². The van der Waals surface area contributed by atoms with E-state index >= 15 is 0 Å². The third kappa shape index (κ3) is 287. The zero-order valence-electron chi connectivity index (χ0n) is 1.77. The van der Waals surface area contributed by atoms with Gasteiger partial charge in [-0.05, 0) is 0 Å². The molecule has 1 N–H and O–H groups in total. The van der Waals surface area contributed by atoms with Crippen molar-refractivity contribution < 1.29 is 29.4 Å². The van der Waals surface area contributed by atoms with Gasteiger partial charge < -0.3 is 5.11 Å². The number of carbonyl (C=O) groups is 1. The van der Waals surface area contributed by atoms with E-state index in [1.165, 1.54) is 0 Å². The fourth-order valence-electron chi connectivity index (χ4n) is 0. The summed E-state index contributed by atoms with van der Waals surface area (Å²) < 4.78 is 0. The fourth-order valence-corrected chi connectivity index (χ4v) is 0. The van der Waals surface area contributed by atoms with Gasteiger partial charge in [0.15, 0.2) is 0 Å². The minimum atomic E-state index is -0.250. The van der Waals surface area contributed by atoms with Crippen molar-refractivity contribution in [2.45, 2.75) is 0 Å². The Kier molecular flexibility index (Phi) is 25.3. The predicted molar refractivity (Wildman–Crippen MR) is 8.69 cm³/mol. The second kappa shape index (κ2) is 11.3. The minimum absolute atomic E-state index is 0. The third-order valence-electron chi connectivity index (χ3n) is 0. The van der Waals surface area contributed by atoms with Gasteiger partial charge in [0.1, 0.15) is 0 Å². The molecular formula is CH2O2Rh. The molecule has 0 spiro atoms. The van der Waals surface area contributed by atoms with Crippen LogP contribution in [0.3, 0.4) is 0 Å². The van der Waals surface area contributed by atoms with Crippen molar-refractivity contribution in [1.82, 2.24) is 0 Å². The van der Waals surface area contributed by atoms with Gasteiger partial charge in [-0.15, -0.1) is 0 Å². The van der Waals surface area contributed by atoms with Crippen LogP contribution in [0.1, 0.15) is 0 Å². The van der Waals surface area contributed by atoms with Gasteiger partial charge in [0.2, 0.25) is 0 Å². The van der Waals surface area contributed by atoms with Crippen LogP contribution < -0.4 is 0 Å². The van der Waals surface area contributed by atoms with Crippen LogP contribution >= 0.6 is 0 Å². The second-order valence-electron chi connectivity index (χ2n) is 0.105. The molecule has 1 radical (unpaired) electrons. The number of hydrogen-bond acceptors (Lipinski definition) is 1. The fraction of sp³-hybridized carbons (Fsp3) is 0. The monoisotopic (exact) mass is 149 g/mol. The Hall–Kier alpha value is 0.0934. The Morgan fingerprint density at radius 1 is 1.75 bits per heavy atom. The molecular weight excluding hydrogens is 147 g/mol. The van der Waals surface area contributed by atoms with Crippen molar-refractivity contribution in [3.63, 3.8) is 0 Å². The molecule has 0 heterocycles. The summed E-state index contributed by atoms with van der Waals surface area (Å²) in [6, 6.07) is 0. The van der Waals surface area contributed by atoms with E-state index in [2.05, 4.69) is 0 Å². The van der Waals surface area contributed by atoms with E-state index in [-0.39, 0.29) is 26.0 Å². The normalized spacial score (nSPS) is 3.00. The average Bonchev–Trinajstić information content (AvgIpc) is 0.918. The summed E-state index contributed by atoms with van der Waals surface area (Å²) in [5.74, 6) is 0. The quantitative estimate of drug-likeness (QED) is 0.379. The van der Waals surface area contributed by atoms with E-state index < -0.39 is 0 Å². The topological polar surface area (TPSA) is 37.3 Å². The molecule has 3 heteroatoms. The van der Waals surface area contributed by atoms with Crippen LogP contribution in [0.4, 0.5) is 0 Å². The first-order chi connectivity index (χ1) is 1.41. The Morgan fingerprint density at radius 2 is 1.75 bits per heavy atom. The van der Waals surface area contributed by atoms with Gasteiger partial charge in [-0.3, -0.25) is 4.79 Å². The minimum Gasteiger partial charge on any atom is -0.483 e. The van der Waals surface area contributed by atoms with E-state index in [1.54, 1.807) is 0 Å². The number of carboxylic acid groups (broad SMARTS) is 1. The Bertz CT molecular complexity index is 13.5. The maximum atomic E-state index is 8.36. The van der Waals surface area contributed by atoms with Gasteiger partial charge in [-0.2, -0.15) is 0 Å². The first kappa shape index (κ1) is 8.94. The van der Waals surface area contributed by atoms with Crippen molar-refractivity contribution >= 4 is 6.47 Å². The Morgan fingerprint density at radius 3 is 1.75 bits per heavy atom. The van der Waals surface area contributed by atoms with Crippen LogP contribution in [0, 0.1) is 0 Å². The Balaban J connectivity index is 0. The molecule has 2 nitrogen and oxygen atoms in total. The zero-order chi connectivity index (χ0) is 2.71. The summed E-state index contributed by atoms with van der Waals surface area (Å²) in [5.41, 5.74) is 0. The molecule has 0 fully saturated rings. The molecule has 0 aromatic rings. The maximum absolute atomic E-state index is 8.36. The summed E-state index contributed by atoms with van der Waals surface area (Å²) in [5, 5.41) is 6.89. The van der Waals surface area contributed by atoms with E-state index in [0.717, 1.165) is 0 Å². The van der Waals surface area contributed by atoms with Gasteiger partial charge in [-0.25, -0.2) is 0 Å². The molecule has 0 bridgehead atoms. The molecule has 0 saturated carbocycles. The van der Waals surface area contributed by atoms with Crippen molar-refractivity contribution in [1.29, 1.82) is 0 Å². The summed E-state index contributed by atoms with van der Waals surface area (Å²) in [4.78, 5) is 8.36. The number of rotatable bonds is 0.